The molecule has 15 heavy (non-hydrogen) atoms. The first-order chi connectivity index (χ1) is 5.29. The molecule has 2 aliphatic rings. The van der Waals surface area contributed by atoms with Crippen LogP contribution in [0.2, 0.25) is 0 Å². The van der Waals surface area contributed by atoms with E-state index < -0.39 is 0 Å². The van der Waals surface area contributed by atoms with Crippen molar-refractivity contribution < 1.29 is 72.7 Å². The van der Waals surface area contributed by atoms with Crippen LogP contribution in [0.4, 0.5) is 0 Å². The standard InChI is InChI=1S/C11H15.3BrH.Ti/c1-8-7-9(2)11-6-4-3-5-10(8)11;;;;/h3-5,9,11H,6-7H2,1-2H3;3*1H;/q-1;;;;+4/p-3. The molecule has 0 aliphatic heterocycles. The molecule has 0 saturated heterocycles. The Morgan fingerprint density at radius 2 is 1.87 bits per heavy atom. The number of hydrogen-bond acceptors (Lipinski definition) is 0. The monoisotopic (exact) mass is 432 g/mol. The third-order valence-corrected chi connectivity index (χ3v) is 3.01. The van der Waals surface area contributed by atoms with Gasteiger partial charge in [-0.15, -0.1) is 19.1 Å². The van der Waals surface area contributed by atoms with E-state index in [0.29, 0.717) is 0 Å². The van der Waals surface area contributed by atoms with E-state index >= 15 is 0 Å². The van der Waals surface area contributed by atoms with E-state index in [2.05, 4.69) is 32.1 Å². The van der Waals surface area contributed by atoms with Crippen molar-refractivity contribution in [2.24, 2.45) is 11.8 Å². The van der Waals surface area contributed by atoms with Gasteiger partial charge < -0.3 is 50.9 Å². The molecule has 0 radical (unpaired) electrons. The van der Waals surface area contributed by atoms with E-state index in [4.69, 9.17) is 0 Å². The summed E-state index contributed by atoms with van der Waals surface area (Å²) < 4.78 is 0. The van der Waals surface area contributed by atoms with Crippen molar-refractivity contribution in [3.05, 3.63) is 29.7 Å². The normalized spacial score (nSPS) is 26.0. The van der Waals surface area contributed by atoms with Crippen LogP contribution in [0.15, 0.2) is 23.8 Å². The SMILES string of the molecule is C[C-]1CC(C)C2CC=CC=C12.[Br-].[Br-].[Br-].[Ti+4]. The zero-order valence-corrected chi connectivity index (χ0v) is 15.3. The molecule has 0 nitrogen and oxygen atoms in total. The summed E-state index contributed by atoms with van der Waals surface area (Å²) in [6.45, 7) is 4.65. The van der Waals surface area contributed by atoms with Gasteiger partial charge in [0.25, 0.3) is 0 Å². The molecule has 2 rings (SSSR count). The predicted molar refractivity (Wildman–Crippen MR) is 48.0 cm³/mol. The number of hydrogen-bond donors (Lipinski definition) is 0. The second-order valence-corrected chi connectivity index (χ2v) is 3.85. The first-order valence-electron chi connectivity index (χ1n) is 4.48. The number of rotatable bonds is 0. The Morgan fingerprint density at radius 1 is 1.27 bits per heavy atom. The van der Waals surface area contributed by atoms with Gasteiger partial charge in [0.05, 0.1) is 0 Å². The first-order valence-corrected chi connectivity index (χ1v) is 4.48. The average molecular weight is 435 g/mol. The molecule has 2 unspecified atom stereocenters. The van der Waals surface area contributed by atoms with Gasteiger partial charge in [-0.2, -0.15) is 0 Å². The summed E-state index contributed by atoms with van der Waals surface area (Å²) in [6.07, 6.45) is 9.38. The second-order valence-electron chi connectivity index (χ2n) is 3.85. The van der Waals surface area contributed by atoms with Gasteiger partial charge in [-0.1, -0.05) is 19.3 Å². The van der Waals surface area contributed by atoms with Crippen LogP contribution in [0.3, 0.4) is 0 Å². The van der Waals surface area contributed by atoms with Crippen LogP contribution in [-0.4, -0.2) is 0 Å². The molecule has 0 aromatic rings. The first kappa shape index (κ1) is 21.8. The van der Waals surface area contributed by atoms with E-state index in [0.717, 1.165) is 11.8 Å². The van der Waals surface area contributed by atoms with Gasteiger partial charge in [0, 0.05) is 0 Å². The summed E-state index contributed by atoms with van der Waals surface area (Å²) >= 11 is 0. The molecular formula is C11H15Br3Ti. The van der Waals surface area contributed by atoms with Crippen molar-refractivity contribution in [2.75, 3.05) is 0 Å². The zero-order chi connectivity index (χ0) is 7.84. The van der Waals surface area contributed by atoms with Crippen molar-refractivity contribution >= 4 is 0 Å². The molecule has 1 fully saturated rings. The van der Waals surface area contributed by atoms with Crippen LogP contribution < -0.4 is 50.9 Å². The maximum atomic E-state index is 2.37. The Hall–Kier alpha value is 1.50. The second kappa shape index (κ2) is 9.53. The van der Waals surface area contributed by atoms with Gasteiger partial charge in [0.15, 0.2) is 0 Å². The summed E-state index contributed by atoms with van der Waals surface area (Å²) in [6, 6.07) is 0. The van der Waals surface area contributed by atoms with E-state index in [9.17, 15) is 0 Å². The summed E-state index contributed by atoms with van der Waals surface area (Å²) in [4.78, 5) is 0. The minimum absolute atomic E-state index is 0. The smallest absolute Gasteiger partial charge is 1.00 e. The minimum atomic E-state index is 0. The molecule has 2 aliphatic carbocycles. The molecule has 0 N–H and O–H groups in total. The Labute approximate surface area is 140 Å². The van der Waals surface area contributed by atoms with Crippen LogP contribution in [0, 0.1) is 17.8 Å². The fourth-order valence-electron chi connectivity index (χ4n) is 2.39. The van der Waals surface area contributed by atoms with Crippen LogP contribution in [-0.2, 0) is 21.7 Å². The van der Waals surface area contributed by atoms with Crippen LogP contribution in [0.25, 0.3) is 0 Å². The Balaban J connectivity index is -0.000000360. The zero-order valence-electron chi connectivity index (χ0n) is 8.93. The fraction of sp³-hybridized carbons (Fsp3) is 0.545. The van der Waals surface area contributed by atoms with Crippen molar-refractivity contribution in [1.29, 1.82) is 0 Å². The largest absolute Gasteiger partial charge is 4.00 e. The molecule has 0 aromatic heterocycles. The number of fused-ring (bicyclic) bond motifs is 1. The van der Waals surface area contributed by atoms with Crippen LogP contribution >= 0.6 is 0 Å². The Kier molecular flexibility index (Phi) is 13.8. The fourth-order valence-corrected chi connectivity index (χ4v) is 2.39. The molecule has 4 heteroatoms. The molecule has 84 valence electrons. The van der Waals surface area contributed by atoms with Crippen molar-refractivity contribution in [3.63, 3.8) is 0 Å². The van der Waals surface area contributed by atoms with Crippen LogP contribution in [0.5, 0.6) is 0 Å². The number of halogens is 3. The molecule has 2 atom stereocenters. The van der Waals surface area contributed by atoms with Gasteiger partial charge in [-0.05, 0) is 12.3 Å². The Bertz CT molecular complexity index is 226. The summed E-state index contributed by atoms with van der Waals surface area (Å²) in [5.74, 6) is 3.35. The van der Waals surface area contributed by atoms with E-state index in [1.54, 1.807) is 11.5 Å². The molecular weight excluding hydrogens is 420 g/mol. The molecule has 0 amide bonds. The molecule has 0 bridgehead atoms. The van der Waals surface area contributed by atoms with E-state index in [1.807, 2.05) is 0 Å². The maximum Gasteiger partial charge on any atom is 4.00 e. The van der Waals surface area contributed by atoms with Crippen molar-refractivity contribution in [1.82, 2.24) is 0 Å². The van der Waals surface area contributed by atoms with Gasteiger partial charge >= 0.3 is 21.7 Å². The van der Waals surface area contributed by atoms with Crippen molar-refractivity contribution in [3.8, 4) is 0 Å². The summed E-state index contributed by atoms with van der Waals surface area (Å²) in [5, 5.41) is 0. The Morgan fingerprint density at radius 3 is 2.40 bits per heavy atom. The van der Waals surface area contributed by atoms with E-state index in [1.165, 1.54) is 12.8 Å². The average Bonchev–Trinajstić information content (AvgIpc) is 2.30. The molecule has 0 spiro atoms. The predicted octanol–water partition coefficient (Wildman–Crippen LogP) is -5.87. The van der Waals surface area contributed by atoms with Crippen LogP contribution in [0.1, 0.15) is 26.7 Å². The summed E-state index contributed by atoms with van der Waals surface area (Å²) in [7, 11) is 0. The molecule has 0 aromatic carbocycles. The maximum absolute atomic E-state index is 2.37. The van der Waals surface area contributed by atoms with E-state index in [-0.39, 0.29) is 72.7 Å². The molecule has 0 heterocycles. The third-order valence-electron chi connectivity index (χ3n) is 3.01. The number of allylic oxidation sites excluding steroid dienone is 4. The van der Waals surface area contributed by atoms with Gasteiger partial charge in [0.1, 0.15) is 0 Å². The van der Waals surface area contributed by atoms with Crippen molar-refractivity contribution in [2.45, 2.75) is 26.7 Å². The van der Waals surface area contributed by atoms with Gasteiger partial charge in [-0.3, -0.25) is 0 Å². The van der Waals surface area contributed by atoms with Gasteiger partial charge in [-0.25, -0.2) is 17.6 Å². The summed E-state index contributed by atoms with van der Waals surface area (Å²) in [5.41, 5.74) is 1.63. The topological polar surface area (TPSA) is 0 Å². The van der Waals surface area contributed by atoms with Gasteiger partial charge in [0.2, 0.25) is 0 Å². The third kappa shape index (κ3) is 4.71. The molecule has 1 saturated carbocycles. The minimum Gasteiger partial charge on any atom is -1.00 e. The quantitative estimate of drug-likeness (QED) is 0.263.